The first-order valence-corrected chi connectivity index (χ1v) is 12.4. The number of piperazine rings is 1. The highest BCUT2D eigenvalue weighted by Gasteiger charge is 2.42. The molecule has 11 heteroatoms. The van der Waals surface area contributed by atoms with Crippen molar-refractivity contribution >= 4 is 33.2 Å². The van der Waals surface area contributed by atoms with Gasteiger partial charge in [0.2, 0.25) is 16.0 Å². The van der Waals surface area contributed by atoms with Crippen molar-refractivity contribution in [3.05, 3.63) is 54.6 Å². The molecule has 0 unspecified atom stereocenters. The number of rotatable bonds is 6. The normalized spacial score (nSPS) is 20.3. The molecule has 1 aromatic carbocycles. The summed E-state index contributed by atoms with van der Waals surface area (Å²) in [6.07, 6.45) is 5.26. The van der Waals surface area contributed by atoms with E-state index in [2.05, 4.69) is 41.8 Å². The maximum atomic E-state index is 14.9. The second-order valence-electron chi connectivity index (χ2n) is 8.50. The zero-order chi connectivity index (χ0) is 23.2. The number of pyridine rings is 1. The van der Waals surface area contributed by atoms with Crippen LogP contribution >= 0.6 is 0 Å². The van der Waals surface area contributed by atoms with Gasteiger partial charge in [-0.05, 0) is 49.9 Å². The quantitative estimate of drug-likeness (QED) is 0.568. The molecule has 0 saturated carbocycles. The van der Waals surface area contributed by atoms with Gasteiger partial charge in [0.15, 0.2) is 0 Å². The number of halogens is 1. The number of sulfonamides is 1. The van der Waals surface area contributed by atoms with E-state index in [0.29, 0.717) is 40.7 Å². The molecule has 2 fully saturated rings. The molecule has 2 aliphatic heterocycles. The first-order chi connectivity index (χ1) is 15.7. The number of aromatic nitrogens is 3. The lowest BCUT2D eigenvalue weighted by atomic mass is 10.2. The van der Waals surface area contributed by atoms with Gasteiger partial charge in [0.1, 0.15) is 11.6 Å². The number of nitrogens with zero attached hydrogens (tertiary/aromatic N) is 5. The average molecular weight is 470 g/mol. The van der Waals surface area contributed by atoms with Crippen LogP contribution in [0.2, 0.25) is 0 Å². The van der Waals surface area contributed by atoms with Crippen LogP contribution in [0.25, 0.3) is 11.3 Å². The minimum Gasteiger partial charge on any atom is -0.363 e. The molecule has 2 aromatic heterocycles. The highest BCUT2D eigenvalue weighted by molar-refractivity contribution is 7.92. The van der Waals surface area contributed by atoms with Crippen LogP contribution in [0.5, 0.6) is 0 Å². The first-order valence-electron chi connectivity index (χ1n) is 10.6. The van der Waals surface area contributed by atoms with E-state index in [9.17, 15) is 12.8 Å². The van der Waals surface area contributed by atoms with E-state index in [1.807, 2.05) is 6.07 Å². The molecule has 33 heavy (non-hydrogen) atoms. The van der Waals surface area contributed by atoms with Crippen molar-refractivity contribution in [1.29, 1.82) is 0 Å². The van der Waals surface area contributed by atoms with Crippen LogP contribution in [0.15, 0.2) is 48.8 Å². The molecule has 2 N–H and O–H groups in total. The van der Waals surface area contributed by atoms with Crippen molar-refractivity contribution in [2.75, 3.05) is 41.3 Å². The molecule has 0 spiro atoms. The third-order valence-corrected chi connectivity index (χ3v) is 6.61. The second-order valence-corrected chi connectivity index (χ2v) is 10.2. The molecule has 5 rings (SSSR count). The van der Waals surface area contributed by atoms with E-state index in [1.54, 1.807) is 30.5 Å². The Labute approximate surface area is 191 Å². The van der Waals surface area contributed by atoms with E-state index in [-0.39, 0.29) is 11.6 Å². The van der Waals surface area contributed by atoms with E-state index in [1.165, 1.54) is 12.3 Å². The molecule has 0 amide bonds. The van der Waals surface area contributed by atoms with Crippen LogP contribution < -0.4 is 14.9 Å². The largest absolute Gasteiger partial charge is 0.363 e. The average Bonchev–Trinajstić information content (AvgIpc) is 3.33. The molecule has 3 aromatic rings. The van der Waals surface area contributed by atoms with E-state index < -0.39 is 10.0 Å². The summed E-state index contributed by atoms with van der Waals surface area (Å²) < 4.78 is 39.9. The summed E-state index contributed by atoms with van der Waals surface area (Å²) in [5.41, 5.74) is 2.47. The molecular formula is C22H24FN7O2S. The van der Waals surface area contributed by atoms with Crippen LogP contribution in [0.4, 0.5) is 27.5 Å². The van der Waals surface area contributed by atoms with Gasteiger partial charge < -0.3 is 10.2 Å². The molecule has 2 bridgehead atoms. The number of fused-ring (bicyclic) bond motifs is 2. The minimum absolute atomic E-state index is 0.224. The molecule has 4 heterocycles. The Morgan fingerprint density at radius 1 is 1.09 bits per heavy atom. The number of anilines is 4. The van der Waals surface area contributed by atoms with Gasteiger partial charge in [0, 0.05) is 48.8 Å². The lowest BCUT2D eigenvalue weighted by Gasteiger charge is -2.33. The van der Waals surface area contributed by atoms with Crippen LogP contribution in [0.1, 0.15) is 6.42 Å². The Morgan fingerprint density at radius 3 is 2.58 bits per heavy atom. The van der Waals surface area contributed by atoms with Gasteiger partial charge in [-0.3, -0.25) is 9.62 Å². The molecule has 2 saturated heterocycles. The molecule has 0 aliphatic carbocycles. The van der Waals surface area contributed by atoms with E-state index in [4.69, 9.17) is 0 Å². The number of likely N-dealkylation sites (N-methyl/N-ethyl adjacent to an activating group) is 1. The number of hydrogen-bond acceptors (Lipinski definition) is 8. The fraction of sp³-hybridized carbons (Fsp3) is 0.318. The molecule has 0 radical (unpaired) electrons. The minimum atomic E-state index is -3.40. The summed E-state index contributed by atoms with van der Waals surface area (Å²) in [5.74, 6) is 0.270. The number of hydrogen-bond donors (Lipinski definition) is 2. The van der Waals surface area contributed by atoms with Crippen LogP contribution in [-0.4, -0.2) is 66.7 Å². The van der Waals surface area contributed by atoms with Crippen molar-refractivity contribution in [2.45, 2.75) is 18.5 Å². The topological polar surface area (TPSA) is 103 Å². The highest BCUT2D eigenvalue weighted by Crippen LogP contribution is 2.35. The van der Waals surface area contributed by atoms with E-state index in [0.717, 1.165) is 25.8 Å². The fourth-order valence-electron chi connectivity index (χ4n) is 4.48. The number of likely N-dealkylation sites (tertiary alicyclic amines) is 1. The van der Waals surface area contributed by atoms with Crippen LogP contribution in [-0.2, 0) is 10.0 Å². The molecule has 172 valence electrons. The van der Waals surface area contributed by atoms with Crippen LogP contribution in [0, 0.1) is 5.82 Å². The Morgan fingerprint density at radius 2 is 1.94 bits per heavy atom. The molecule has 9 nitrogen and oxygen atoms in total. The Hall–Kier alpha value is -3.31. The zero-order valence-electron chi connectivity index (χ0n) is 18.2. The maximum Gasteiger partial charge on any atom is 0.230 e. The number of nitrogens with one attached hydrogen (secondary N) is 2. The number of benzene rings is 1. The zero-order valence-corrected chi connectivity index (χ0v) is 19.1. The monoisotopic (exact) mass is 469 g/mol. The second kappa shape index (κ2) is 8.23. The first kappa shape index (κ1) is 21.5. The highest BCUT2D eigenvalue weighted by atomic mass is 32.2. The van der Waals surface area contributed by atoms with E-state index >= 15 is 0 Å². The van der Waals surface area contributed by atoms with Gasteiger partial charge in [-0.1, -0.05) is 0 Å². The third kappa shape index (κ3) is 4.60. The van der Waals surface area contributed by atoms with Gasteiger partial charge in [0.25, 0.3) is 0 Å². The molecule has 2 aliphatic rings. The van der Waals surface area contributed by atoms with Gasteiger partial charge in [-0.2, -0.15) is 0 Å². The summed E-state index contributed by atoms with van der Waals surface area (Å²) in [4.78, 5) is 17.3. The van der Waals surface area contributed by atoms with Gasteiger partial charge >= 0.3 is 0 Å². The Balaban J connectivity index is 1.30. The summed E-state index contributed by atoms with van der Waals surface area (Å²) in [7, 11) is -1.28. The van der Waals surface area contributed by atoms with Crippen molar-refractivity contribution in [3.63, 3.8) is 0 Å². The third-order valence-electron chi connectivity index (χ3n) is 6.03. The predicted octanol–water partition coefficient (Wildman–Crippen LogP) is 2.69. The van der Waals surface area contributed by atoms with Crippen molar-refractivity contribution in [3.8, 4) is 11.3 Å². The Kier molecular flexibility index (Phi) is 5.37. The molecule has 2 atom stereocenters. The standard InChI is InChI=1S/C22H24FN7O2S/c1-29-12-17-10-16(29)13-30(17)20-5-4-15(9-18(20)23)26-22-24-8-7-19(27-22)14-3-6-21(25-11-14)28-33(2,31)32/h3-9,11,16-17H,10,12-13H2,1-2H3,(H,25,28)(H,24,26,27)/t16-,17-/m0/s1. The summed E-state index contributed by atoms with van der Waals surface area (Å²) in [6.45, 7) is 1.81. The van der Waals surface area contributed by atoms with Gasteiger partial charge in [-0.25, -0.2) is 27.8 Å². The lowest BCUT2D eigenvalue weighted by Crippen LogP contribution is -2.44. The molecular weight excluding hydrogens is 445 g/mol. The van der Waals surface area contributed by atoms with Gasteiger partial charge in [0.05, 0.1) is 17.6 Å². The summed E-state index contributed by atoms with van der Waals surface area (Å²) in [5, 5.41) is 3.06. The summed E-state index contributed by atoms with van der Waals surface area (Å²) in [6, 6.07) is 10.9. The SMILES string of the molecule is CN1C[C@@H]2C[C@H]1CN2c1ccc(Nc2nccc(-c3ccc(NS(C)(=O)=O)nc3)n2)cc1F. The lowest BCUT2D eigenvalue weighted by molar-refractivity contribution is 0.292. The van der Waals surface area contributed by atoms with Crippen molar-refractivity contribution in [1.82, 2.24) is 19.9 Å². The fourth-order valence-corrected chi connectivity index (χ4v) is 4.98. The van der Waals surface area contributed by atoms with Crippen LogP contribution in [0.3, 0.4) is 0 Å². The predicted molar refractivity (Wildman–Crippen MR) is 126 cm³/mol. The van der Waals surface area contributed by atoms with Gasteiger partial charge in [-0.15, -0.1) is 0 Å². The smallest absolute Gasteiger partial charge is 0.230 e. The maximum absolute atomic E-state index is 14.9. The van der Waals surface area contributed by atoms with Crippen molar-refractivity contribution < 1.29 is 12.8 Å². The van der Waals surface area contributed by atoms with Crippen molar-refractivity contribution in [2.24, 2.45) is 0 Å². The Bertz CT molecular complexity index is 1280. The summed E-state index contributed by atoms with van der Waals surface area (Å²) >= 11 is 0.